The van der Waals surface area contributed by atoms with Crippen molar-refractivity contribution in [2.45, 2.75) is 46.3 Å². The Kier molecular flexibility index (Phi) is 8.27. The molecule has 0 bridgehead atoms. The van der Waals surface area contributed by atoms with Crippen LogP contribution >= 0.6 is 0 Å². The number of ether oxygens (including phenoxy) is 2. The molecule has 0 N–H and O–H groups in total. The number of hydroxylamine groups is 2. The van der Waals surface area contributed by atoms with Crippen molar-refractivity contribution in [2.75, 3.05) is 33.9 Å². The standard InChI is InChI=1S/C12H22N2O5.C2H6/c1-12(2,3)19-11(16)14-6-7-18-9(8-14)10(15)13(4)17-5;1-2/h9H,6-8H2,1-5H3;1-2H3. The van der Waals surface area contributed by atoms with Crippen LogP contribution in [0.1, 0.15) is 34.6 Å². The summed E-state index contributed by atoms with van der Waals surface area (Å²) < 4.78 is 10.6. The molecule has 0 radical (unpaired) electrons. The lowest BCUT2D eigenvalue weighted by Gasteiger charge is -2.34. The third-order valence-corrected chi connectivity index (χ3v) is 2.58. The van der Waals surface area contributed by atoms with Crippen LogP contribution in [-0.4, -0.2) is 67.5 Å². The van der Waals surface area contributed by atoms with Gasteiger partial charge in [-0.25, -0.2) is 9.86 Å². The highest BCUT2D eigenvalue weighted by molar-refractivity contribution is 5.81. The number of hydrogen-bond donors (Lipinski definition) is 0. The highest BCUT2D eigenvalue weighted by Gasteiger charge is 2.33. The zero-order valence-corrected chi connectivity index (χ0v) is 14.1. The molecule has 2 amide bonds. The number of nitrogens with zero attached hydrogens (tertiary/aromatic N) is 2. The Bertz CT molecular complexity index is 341. The summed E-state index contributed by atoms with van der Waals surface area (Å²) in [5.41, 5.74) is -0.557. The molecular weight excluding hydrogens is 276 g/mol. The summed E-state index contributed by atoms with van der Waals surface area (Å²) in [5.74, 6) is -0.323. The first-order chi connectivity index (χ1) is 9.74. The summed E-state index contributed by atoms with van der Waals surface area (Å²) in [6.07, 6.45) is -1.15. The molecule has 1 heterocycles. The zero-order valence-electron chi connectivity index (χ0n) is 14.1. The van der Waals surface area contributed by atoms with Crippen LogP contribution in [0.15, 0.2) is 0 Å². The Morgan fingerprint density at radius 1 is 1.29 bits per heavy atom. The maximum absolute atomic E-state index is 11.9. The predicted molar refractivity (Wildman–Crippen MR) is 78.7 cm³/mol. The number of hydrogen-bond acceptors (Lipinski definition) is 5. The SMILES string of the molecule is CC.CON(C)C(=O)C1CN(C(=O)OC(C)(C)C)CCO1. The van der Waals surface area contributed by atoms with Gasteiger partial charge in [-0.05, 0) is 20.8 Å². The van der Waals surface area contributed by atoms with E-state index < -0.39 is 17.8 Å². The van der Waals surface area contributed by atoms with Gasteiger partial charge in [-0.3, -0.25) is 9.63 Å². The van der Waals surface area contributed by atoms with E-state index in [2.05, 4.69) is 0 Å². The molecule has 1 aliphatic heterocycles. The van der Waals surface area contributed by atoms with Crippen molar-refractivity contribution >= 4 is 12.0 Å². The molecule has 1 rings (SSSR count). The van der Waals surface area contributed by atoms with Crippen molar-refractivity contribution in [3.05, 3.63) is 0 Å². The largest absolute Gasteiger partial charge is 0.444 e. The Labute approximate surface area is 127 Å². The van der Waals surface area contributed by atoms with E-state index >= 15 is 0 Å². The van der Waals surface area contributed by atoms with Gasteiger partial charge >= 0.3 is 6.09 Å². The van der Waals surface area contributed by atoms with Crippen LogP contribution in [0.2, 0.25) is 0 Å². The van der Waals surface area contributed by atoms with Crippen molar-refractivity contribution in [3.63, 3.8) is 0 Å². The highest BCUT2D eigenvalue weighted by atomic mass is 16.7. The summed E-state index contributed by atoms with van der Waals surface area (Å²) in [7, 11) is 2.89. The molecule has 0 aliphatic carbocycles. The molecule has 124 valence electrons. The average Bonchev–Trinajstić information content (AvgIpc) is 2.46. The highest BCUT2D eigenvalue weighted by Crippen LogP contribution is 2.14. The number of rotatable bonds is 2. The van der Waals surface area contributed by atoms with E-state index in [4.69, 9.17) is 14.3 Å². The monoisotopic (exact) mass is 304 g/mol. The van der Waals surface area contributed by atoms with Crippen molar-refractivity contribution in [3.8, 4) is 0 Å². The first-order valence-electron chi connectivity index (χ1n) is 7.16. The van der Waals surface area contributed by atoms with E-state index in [9.17, 15) is 9.59 Å². The van der Waals surface area contributed by atoms with E-state index in [-0.39, 0.29) is 12.5 Å². The molecule has 0 aromatic carbocycles. The molecule has 0 saturated carbocycles. The second kappa shape index (κ2) is 8.84. The van der Waals surface area contributed by atoms with Crippen molar-refractivity contribution in [2.24, 2.45) is 0 Å². The number of carbonyl (C=O) groups is 2. The third-order valence-electron chi connectivity index (χ3n) is 2.58. The predicted octanol–water partition coefficient (Wildman–Crippen LogP) is 1.67. The normalized spacial score (nSPS) is 18.4. The van der Waals surface area contributed by atoms with Crippen molar-refractivity contribution in [1.29, 1.82) is 0 Å². The van der Waals surface area contributed by atoms with E-state index in [0.29, 0.717) is 13.2 Å². The fraction of sp³-hybridized carbons (Fsp3) is 0.857. The van der Waals surface area contributed by atoms with Gasteiger partial charge in [-0.15, -0.1) is 0 Å². The van der Waals surface area contributed by atoms with Crippen LogP contribution in [0, 0.1) is 0 Å². The summed E-state index contributed by atoms with van der Waals surface area (Å²) in [4.78, 5) is 30.1. The van der Waals surface area contributed by atoms with Gasteiger partial charge in [0.25, 0.3) is 5.91 Å². The van der Waals surface area contributed by atoms with Crippen LogP contribution in [0.3, 0.4) is 0 Å². The zero-order chi connectivity index (χ0) is 16.6. The summed E-state index contributed by atoms with van der Waals surface area (Å²) in [6, 6.07) is 0. The number of amides is 2. The summed E-state index contributed by atoms with van der Waals surface area (Å²) in [5, 5.41) is 1.09. The minimum atomic E-state index is -0.716. The second-order valence-corrected chi connectivity index (χ2v) is 5.30. The molecule has 1 aliphatic rings. The van der Waals surface area contributed by atoms with Gasteiger partial charge in [0.05, 0.1) is 20.3 Å². The quantitative estimate of drug-likeness (QED) is 0.726. The van der Waals surface area contributed by atoms with Crippen LogP contribution in [-0.2, 0) is 19.1 Å². The lowest BCUT2D eigenvalue weighted by molar-refractivity contribution is -0.184. The van der Waals surface area contributed by atoms with Gasteiger partial charge in [-0.1, -0.05) is 13.8 Å². The maximum atomic E-state index is 11.9. The Hall–Kier alpha value is -1.34. The minimum absolute atomic E-state index is 0.168. The van der Waals surface area contributed by atoms with Crippen LogP contribution in [0.4, 0.5) is 4.79 Å². The molecule has 1 fully saturated rings. The Morgan fingerprint density at radius 3 is 2.33 bits per heavy atom. The van der Waals surface area contributed by atoms with Gasteiger partial charge in [0, 0.05) is 13.6 Å². The first kappa shape index (κ1) is 19.7. The van der Waals surface area contributed by atoms with Crippen molar-refractivity contribution in [1.82, 2.24) is 9.96 Å². The molecule has 7 nitrogen and oxygen atoms in total. The molecule has 7 heteroatoms. The lowest BCUT2D eigenvalue weighted by Crippen LogP contribution is -2.52. The maximum Gasteiger partial charge on any atom is 0.410 e. The second-order valence-electron chi connectivity index (χ2n) is 5.30. The van der Waals surface area contributed by atoms with Gasteiger partial charge in [0.1, 0.15) is 5.60 Å². The molecule has 1 unspecified atom stereocenters. The Morgan fingerprint density at radius 2 is 1.86 bits per heavy atom. The van der Waals surface area contributed by atoms with Gasteiger partial charge in [-0.2, -0.15) is 0 Å². The summed E-state index contributed by atoms with van der Waals surface area (Å²) >= 11 is 0. The van der Waals surface area contributed by atoms with Crippen LogP contribution in [0.25, 0.3) is 0 Å². The smallest absolute Gasteiger partial charge is 0.410 e. The van der Waals surface area contributed by atoms with E-state index in [1.54, 1.807) is 20.8 Å². The number of carbonyl (C=O) groups excluding carboxylic acids is 2. The molecule has 0 spiro atoms. The van der Waals surface area contributed by atoms with Crippen LogP contribution in [0.5, 0.6) is 0 Å². The third kappa shape index (κ3) is 6.77. The van der Waals surface area contributed by atoms with Gasteiger partial charge in [0.2, 0.25) is 0 Å². The van der Waals surface area contributed by atoms with Gasteiger partial charge < -0.3 is 14.4 Å². The fourth-order valence-corrected chi connectivity index (χ4v) is 1.58. The van der Waals surface area contributed by atoms with Crippen molar-refractivity contribution < 1.29 is 23.9 Å². The fourth-order valence-electron chi connectivity index (χ4n) is 1.58. The van der Waals surface area contributed by atoms with E-state index in [1.165, 1.54) is 19.1 Å². The lowest BCUT2D eigenvalue weighted by atomic mass is 10.2. The van der Waals surface area contributed by atoms with Crippen LogP contribution < -0.4 is 0 Å². The number of morpholine rings is 1. The first-order valence-corrected chi connectivity index (χ1v) is 7.16. The molecular formula is C14H28N2O5. The Balaban J connectivity index is 0.00000191. The molecule has 1 saturated heterocycles. The molecule has 0 aromatic rings. The van der Waals surface area contributed by atoms with Gasteiger partial charge in [0.15, 0.2) is 6.10 Å². The minimum Gasteiger partial charge on any atom is -0.444 e. The number of likely N-dealkylation sites (N-methyl/N-ethyl adjacent to an activating group) is 1. The molecule has 0 aromatic heterocycles. The molecule has 21 heavy (non-hydrogen) atoms. The summed E-state index contributed by atoms with van der Waals surface area (Å²) in [6.45, 7) is 10.3. The van der Waals surface area contributed by atoms with E-state index in [0.717, 1.165) is 5.06 Å². The topological polar surface area (TPSA) is 68.3 Å². The molecule has 1 atom stereocenters. The van der Waals surface area contributed by atoms with E-state index in [1.807, 2.05) is 13.8 Å². The average molecular weight is 304 g/mol.